The van der Waals surface area contributed by atoms with Gasteiger partial charge in [-0.3, -0.25) is 38.4 Å². The number of amides is 2. The molecule has 2 aromatic rings. The minimum atomic E-state index is -1.23. The number of nitrogens with one attached hydrogen (secondary N) is 2. The van der Waals surface area contributed by atoms with Gasteiger partial charge in [-0.15, -0.1) is 12.4 Å². The number of hydrogen-bond acceptors (Lipinski definition) is 24. The van der Waals surface area contributed by atoms with E-state index in [2.05, 4.69) is 24.8 Å². The number of carboxylic acid groups (broad SMARTS) is 1. The lowest BCUT2D eigenvalue weighted by Crippen LogP contribution is -2.43. The Morgan fingerprint density at radius 1 is 0.532 bits per heavy atom. The number of aliphatic carboxylic acids is 1. The summed E-state index contributed by atoms with van der Waals surface area (Å²) in [7, 11) is 3.50. The zero-order valence-corrected chi connectivity index (χ0v) is 44.0. The van der Waals surface area contributed by atoms with Crippen molar-refractivity contribution in [1.82, 2.24) is 20.4 Å². The number of hydrogen-bond donors (Lipinski definition) is 4. The highest BCUT2D eigenvalue weighted by atomic mass is 35.5. The fourth-order valence-corrected chi connectivity index (χ4v) is 6.26. The summed E-state index contributed by atoms with van der Waals surface area (Å²) in [6.45, 7) is 5.20. The monoisotopic (exact) mass is 1110 g/mol. The highest BCUT2D eigenvalue weighted by Crippen LogP contribution is 2.21. The van der Waals surface area contributed by atoms with Gasteiger partial charge in [0.05, 0.1) is 137 Å². The van der Waals surface area contributed by atoms with Crippen molar-refractivity contribution in [2.75, 3.05) is 100 Å². The molecule has 0 spiro atoms. The first kappa shape index (κ1) is 65.6. The minimum Gasteiger partial charge on any atom is -0.481 e. The van der Waals surface area contributed by atoms with Crippen LogP contribution in [0.15, 0.2) is 60.7 Å². The molecule has 4 aliphatic heterocycles. The molecule has 0 radical (unpaired) electrons. The second-order valence-electron chi connectivity index (χ2n) is 16.7. The van der Waals surface area contributed by atoms with Gasteiger partial charge in [-0.1, -0.05) is 60.7 Å². The Labute approximate surface area is 453 Å². The van der Waals surface area contributed by atoms with E-state index in [4.69, 9.17) is 58.1 Å². The first-order valence-electron chi connectivity index (χ1n) is 24.3. The van der Waals surface area contributed by atoms with Crippen LogP contribution >= 0.6 is 12.4 Å². The smallest absolute Gasteiger partial charge is 0.422 e. The fraction of sp³-hybridized carbons (Fsp3) is 0.556. The maximum atomic E-state index is 12.5. The summed E-state index contributed by atoms with van der Waals surface area (Å²) in [5.41, 5.74) is 7.19. The average molecular weight is 1110 g/mol. The van der Waals surface area contributed by atoms with Crippen molar-refractivity contribution < 1.29 is 105 Å². The van der Waals surface area contributed by atoms with Crippen LogP contribution in [0.4, 0.5) is 0 Å². The van der Waals surface area contributed by atoms with Gasteiger partial charge in [-0.2, -0.15) is 0 Å². The molecule has 32 heteroatoms. The van der Waals surface area contributed by atoms with E-state index in [-0.39, 0.29) is 99.1 Å². The molecular weight excluding hydrogens is 1040 g/mol. The van der Waals surface area contributed by atoms with E-state index in [1.807, 2.05) is 36.4 Å². The van der Waals surface area contributed by atoms with Gasteiger partial charge in [0.15, 0.2) is 0 Å². The third-order valence-corrected chi connectivity index (χ3v) is 10.7. The molecule has 0 aromatic heterocycles. The van der Waals surface area contributed by atoms with Crippen LogP contribution in [-0.2, 0) is 113 Å². The molecule has 4 aliphatic rings. The van der Waals surface area contributed by atoms with Crippen LogP contribution in [0.1, 0.15) is 43.2 Å². The number of carbonyl (C=O) groups is 8. The van der Waals surface area contributed by atoms with E-state index in [1.54, 1.807) is 34.0 Å². The third-order valence-electron chi connectivity index (χ3n) is 10.7. The molecule has 4 fully saturated rings. The van der Waals surface area contributed by atoms with Crippen molar-refractivity contribution in [2.24, 2.45) is 17.6 Å². The highest BCUT2D eigenvalue weighted by molar-refractivity contribution is 6.73. The molecule has 4 saturated heterocycles. The van der Waals surface area contributed by atoms with E-state index in [1.165, 1.54) is 14.2 Å². The Hall–Kier alpha value is -5.69. The summed E-state index contributed by atoms with van der Waals surface area (Å²) in [6, 6.07) is 17.3. The van der Waals surface area contributed by atoms with E-state index in [0.29, 0.717) is 65.6 Å². The Kier molecular flexibility index (Phi) is 31.7. The number of ether oxygens (including phenoxy) is 7. The van der Waals surface area contributed by atoms with Gasteiger partial charge in [0.2, 0.25) is 11.8 Å². The molecule has 6 rings (SSSR count). The van der Waals surface area contributed by atoms with Crippen LogP contribution in [0.5, 0.6) is 0 Å². The number of nitrogens with zero attached hydrogens (tertiary/aromatic N) is 2. The second kappa shape index (κ2) is 37.2. The standard InChI is InChI=1S/C20H28B2N2O9.C14H16O6.C11H21B2N3O7.ClH/c1-28-18(25)11-17(12-19(26)30-13-16-5-3-2-4-6-16)20(27)23-7-8-29-9-10-33-24(21-14-31-21)22-15-32-22;1-19-12(15)7-11(14(17)18)8-13(16)20-9-10-5-3-2-4-6-10;1-19-10(17)6-9(14)11(18)15-2-3-20-4-5-23-16(12-7-21-12)13-8-22-13;/h2-6,17H,7-15H2,1H3,(H,23,27);2-6,11H,7-9H2,1H3,(H,17,18);9H,2-8,14H2,1H3,(H,15,18);1H/t17-;11-;9-;/m110./s1. The lowest BCUT2D eigenvalue weighted by molar-refractivity contribution is -0.155. The number of methoxy groups -OCH3 is 3. The minimum absolute atomic E-state index is 0. The maximum Gasteiger partial charge on any atom is 0.422 e. The predicted molar refractivity (Wildman–Crippen MR) is 272 cm³/mol. The number of benzene rings is 2. The van der Waals surface area contributed by atoms with Crippen molar-refractivity contribution >= 4 is 88.2 Å². The molecule has 0 bridgehead atoms. The average Bonchev–Trinajstić information content (AvgIpc) is 4.18. The molecule has 3 atom stereocenters. The highest BCUT2D eigenvalue weighted by Gasteiger charge is 2.52. The molecule has 422 valence electrons. The topological polar surface area (TPSA) is 347 Å². The predicted octanol–water partition coefficient (Wildman–Crippen LogP) is -1.06. The number of halogens is 1. The number of rotatable bonds is 35. The van der Waals surface area contributed by atoms with Crippen LogP contribution in [-0.4, -0.2) is 197 Å². The summed E-state index contributed by atoms with van der Waals surface area (Å²) in [4.78, 5) is 107. The Balaban J connectivity index is 0.000000314. The van der Waals surface area contributed by atoms with Crippen LogP contribution < -0.4 is 16.4 Å². The molecule has 4 heterocycles. The normalized spacial score (nSPS) is 14.6. The zero-order valence-electron chi connectivity index (χ0n) is 43.2. The molecular formula is C45H66B4ClN5O22. The van der Waals surface area contributed by atoms with Crippen LogP contribution in [0.2, 0.25) is 0 Å². The lowest BCUT2D eigenvalue weighted by Gasteiger charge is -2.16. The van der Waals surface area contributed by atoms with Crippen LogP contribution in [0, 0.1) is 11.8 Å². The molecule has 0 saturated carbocycles. The van der Waals surface area contributed by atoms with Gasteiger partial charge in [-0.05, 0) is 11.1 Å². The van der Waals surface area contributed by atoms with Crippen molar-refractivity contribution in [3.8, 4) is 0 Å². The van der Waals surface area contributed by atoms with Gasteiger partial charge in [-0.25, -0.2) is 9.77 Å². The largest absolute Gasteiger partial charge is 0.481 e. The van der Waals surface area contributed by atoms with Crippen molar-refractivity contribution in [3.63, 3.8) is 0 Å². The van der Waals surface area contributed by atoms with E-state index < -0.39 is 65.5 Å². The first-order chi connectivity index (χ1) is 36.7. The zero-order chi connectivity index (χ0) is 55.1. The summed E-state index contributed by atoms with van der Waals surface area (Å²) >= 11 is 0. The Morgan fingerprint density at radius 3 is 1.26 bits per heavy atom. The van der Waals surface area contributed by atoms with E-state index in [9.17, 15) is 38.4 Å². The molecule has 2 aromatic carbocycles. The lowest BCUT2D eigenvalue weighted by atomic mass is 9.81. The quantitative estimate of drug-likeness (QED) is 0.0160. The molecule has 0 unspecified atom stereocenters. The Bertz CT molecular complexity index is 2100. The van der Waals surface area contributed by atoms with Gasteiger partial charge < -0.3 is 82.9 Å². The number of carbonyl (C=O) groups excluding carboxylic acids is 7. The summed E-state index contributed by atoms with van der Waals surface area (Å²) in [5.74, 6) is -7.13. The van der Waals surface area contributed by atoms with Gasteiger partial charge >= 0.3 is 64.0 Å². The first-order valence-corrected chi connectivity index (χ1v) is 24.3. The Morgan fingerprint density at radius 2 is 0.883 bits per heavy atom. The molecule has 77 heavy (non-hydrogen) atoms. The summed E-state index contributed by atoms with van der Waals surface area (Å²) in [6.07, 6.45) is -1.33. The van der Waals surface area contributed by atoms with E-state index in [0.717, 1.165) is 18.2 Å². The SMILES string of the molecule is COC(=O)C[C@H](CC(=O)OCc1ccccc1)C(=O)NCCOCCON(B1CO1)B1CO1.COC(=O)C[C@H](CC(=O)OCc1ccccc1)C(=O)O.COC(=O)C[C@H](N)C(=O)NCCOCCON(B1CO1)B1CO1.Cl. The van der Waals surface area contributed by atoms with E-state index >= 15 is 0 Å². The molecule has 2 amide bonds. The number of nitrogens with two attached hydrogens (primary N) is 1. The van der Waals surface area contributed by atoms with Crippen molar-refractivity contribution in [1.29, 1.82) is 0 Å². The van der Waals surface area contributed by atoms with Gasteiger partial charge in [0.25, 0.3) is 0 Å². The van der Waals surface area contributed by atoms with Gasteiger partial charge in [0, 0.05) is 13.1 Å². The van der Waals surface area contributed by atoms with Crippen molar-refractivity contribution in [2.45, 2.75) is 51.4 Å². The molecule has 27 nitrogen and oxygen atoms in total. The fourth-order valence-electron chi connectivity index (χ4n) is 6.26. The number of esters is 5. The number of carboxylic acids is 1. The van der Waals surface area contributed by atoms with Crippen LogP contribution in [0.25, 0.3) is 0 Å². The summed E-state index contributed by atoms with van der Waals surface area (Å²) < 4.78 is 55.1. The molecule has 0 aliphatic carbocycles. The van der Waals surface area contributed by atoms with Crippen LogP contribution in [0.3, 0.4) is 0 Å². The third kappa shape index (κ3) is 29.0. The van der Waals surface area contributed by atoms with Crippen molar-refractivity contribution in [3.05, 3.63) is 71.8 Å². The van der Waals surface area contributed by atoms with Gasteiger partial charge in [0.1, 0.15) is 13.2 Å². The molecule has 5 N–H and O–H groups in total. The second-order valence-corrected chi connectivity index (χ2v) is 16.7. The summed E-state index contributed by atoms with van der Waals surface area (Å²) in [5, 5.41) is 14.2. The maximum absolute atomic E-state index is 12.5.